The van der Waals surface area contributed by atoms with Crippen molar-refractivity contribution in [2.24, 2.45) is 0 Å². The van der Waals surface area contributed by atoms with Gasteiger partial charge >= 0.3 is 0 Å². The van der Waals surface area contributed by atoms with Crippen LogP contribution in [0.3, 0.4) is 0 Å². The fraction of sp³-hybridized carbons (Fsp3) is 0.0714. The van der Waals surface area contributed by atoms with Crippen LogP contribution >= 0.6 is 0 Å². The zero-order chi connectivity index (χ0) is 11.5. The van der Waals surface area contributed by atoms with Gasteiger partial charge in [-0.05, 0) is 31.2 Å². The first-order chi connectivity index (χ1) is 7.66. The first-order valence-electron chi connectivity index (χ1n) is 5.03. The average Bonchev–Trinajstić information content (AvgIpc) is 2.26. The van der Waals surface area contributed by atoms with E-state index in [0.29, 0.717) is 5.76 Å². The Balaban J connectivity index is 2.37. The van der Waals surface area contributed by atoms with E-state index in [0.717, 1.165) is 16.9 Å². The summed E-state index contributed by atoms with van der Waals surface area (Å²) in [6.07, 6.45) is 5.19. The third kappa shape index (κ3) is 2.11. The van der Waals surface area contributed by atoms with E-state index in [1.165, 1.54) is 13.0 Å². The van der Waals surface area contributed by atoms with Crippen LogP contribution in [0, 0.1) is 0 Å². The van der Waals surface area contributed by atoms with Crippen molar-refractivity contribution in [2.45, 2.75) is 6.92 Å². The van der Waals surface area contributed by atoms with Gasteiger partial charge in [-0.2, -0.15) is 0 Å². The molecule has 2 nitrogen and oxygen atoms in total. The van der Waals surface area contributed by atoms with Crippen molar-refractivity contribution in [3.63, 3.8) is 0 Å². The molecule has 80 valence electrons. The highest BCUT2D eigenvalue weighted by atomic mass is 16.5. The van der Waals surface area contributed by atoms with Gasteiger partial charge in [0.15, 0.2) is 5.78 Å². The molecule has 0 N–H and O–H groups in total. The molecule has 0 unspecified atom stereocenters. The average molecular weight is 212 g/mol. The maximum absolute atomic E-state index is 10.9. The molecular weight excluding hydrogens is 200 g/mol. The van der Waals surface area contributed by atoms with Gasteiger partial charge in [0, 0.05) is 11.1 Å². The topological polar surface area (TPSA) is 26.3 Å². The van der Waals surface area contributed by atoms with Crippen molar-refractivity contribution in [3.8, 4) is 5.75 Å². The van der Waals surface area contributed by atoms with Crippen LogP contribution < -0.4 is 4.74 Å². The third-order valence-corrected chi connectivity index (χ3v) is 2.28. The molecule has 1 aliphatic heterocycles. The zero-order valence-electron chi connectivity index (χ0n) is 9.07. The summed E-state index contributed by atoms with van der Waals surface area (Å²) in [5.41, 5.74) is 1.83. The normalized spacial score (nSPS) is 14.3. The van der Waals surface area contributed by atoms with Gasteiger partial charge in [-0.25, -0.2) is 0 Å². The molecule has 0 radical (unpaired) electrons. The van der Waals surface area contributed by atoms with Crippen molar-refractivity contribution < 1.29 is 9.53 Å². The molecule has 0 bridgehead atoms. The molecule has 2 heteroatoms. The fourth-order valence-corrected chi connectivity index (χ4v) is 1.48. The largest absolute Gasteiger partial charge is 0.457 e. The SMILES string of the molecule is C=C1Oc2ccccc2C=C1/C=C\C(C)=O. The molecule has 0 saturated heterocycles. The maximum Gasteiger partial charge on any atom is 0.152 e. The number of benzene rings is 1. The van der Waals surface area contributed by atoms with Crippen molar-refractivity contribution in [3.05, 3.63) is 59.9 Å². The van der Waals surface area contributed by atoms with Crippen LogP contribution in [0.4, 0.5) is 0 Å². The van der Waals surface area contributed by atoms with Crippen LogP contribution in [0.15, 0.2) is 54.3 Å². The van der Waals surface area contributed by atoms with Crippen LogP contribution in [0.2, 0.25) is 0 Å². The maximum atomic E-state index is 10.9. The molecule has 0 spiro atoms. The summed E-state index contributed by atoms with van der Waals surface area (Å²) in [6.45, 7) is 5.33. The van der Waals surface area contributed by atoms with Gasteiger partial charge in [-0.3, -0.25) is 4.79 Å². The Morgan fingerprint density at radius 2 is 2.12 bits per heavy atom. The minimum Gasteiger partial charge on any atom is -0.457 e. The Hall–Kier alpha value is -2.09. The molecule has 2 rings (SSSR count). The Morgan fingerprint density at radius 3 is 2.88 bits per heavy atom. The number of para-hydroxylation sites is 1. The summed E-state index contributed by atoms with van der Waals surface area (Å²) >= 11 is 0. The van der Waals surface area contributed by atoms with Crippen molar-refractivity contribution in [1.82, 2.24) is 0 Å². The predicted molar refractivity (Wildman–Crippen MR) is 64.0 cm³/mol. The van der Waals surface area contributed by atoms with Crippen LogP contribution in [-0.2, 0) is 4.79 Å². The minimum absolute atomic E-state index is 0.00700. The molecule has 0 fully saturated rings. The van der Waals surface area contributed by atoms with Crippen LogP contribution in [0.25, 0.3) is 6.08 Å². The van der Waals surface area contributed by atoms with Crippen molar-refractivity contribution in [1.29, 1.82) is 0 Å². The highest BCUT2D eigenvalue weighted by Crippen LogP contribution is 2.30. The summed E-state index contributed by atoms with van der Waals surface area (Å²) in [6, 6.07) is 7.71. The Morgan fingerprint density at radius 1 is 1.38 bits per heavy atom. The van der Waals surface area contributed by atoms with E-state index >= 15 is 0 Å². The minimum atomic E-state index is 0.00700. The first-order valence-corrected chi connectivity index (χ1v) is 5.03. The second kappa shape index (κ2) is 4.19. The Labute approximate surface area is 94.6 Å². The Kier molecular flexibility index (Phi) is 2.73. The first kappa shape index (κ1) is 10.4. The second-order valence-corrected chi connectivity index (χ2v) is 3.61. The summed E-state index contributed by atoms with van der Waals surface area (Å²) in [5.74, 6) is 1.37. The predicted octanol–water partition coefficient (Wildman–Crippen LogP) is 3.12. The molecule has 0 aliphatic carbocycles. The van der Waals surface area contributed by atoms with E-state index in [4.69, 9.17) is 4.74 Å². The lowest BCUT2D eigenvalue weighted by molar-refractivity contribution is -0.112. The number of carbonyl (C=O) groups excluding carboxylic acids is 1. The van der Waals surface area contributed by atoms with Crippen molar-refractivity contribution in [2.75, 3.05) is 0 Å². The van der Waals surface area contributed by atoms with E-state index in [-0.39, 0.29) is 5.78 Å². The number of hydrogen-bond acceptors (Lipinski definition) is 2. The molecule has 0 aromatic heterocycles. The smallest absolute Gasteiger partial charge is 0.152 e. The zero-order valence-corrected chi connectivity index (χ0v) is 9.07. The van der Waals surface area contributed by atoms with Gasteiger partial charge in [-0.1, -0.05) is 24.8 Å². The van der Waals surface area contributed by atoms with E-state index in [2.05, 4.69) is 6.58 Å². The molecule has 1 aromatic rings. The number of ketones is 1. The number of fused-ring (bicyclic) bond motifs is 1. The number of hydrogen-bond donors (Lipinski definition) is 0. The lowest BCUT2D eigenvalue weighted by atomic mass is 10.1. The number of rotatable bonds is 2. The summed E-state index contributed by atoms with van der Waals surface area (Å²) in [5, 5.41) is 0. The molecule has 0 amide bonds. The van der Waals surface area contributed by atoms with E-state index in [9.17, 15) is 4.79 Å². The Bertz CT molecular complexity index is 507. The molecule has 1 heterocycles. The van der Waals surface area contributed by atoms with Gasteiger partial charge < -0.3 is 4.74 Å². The van der Waals surface area contributed by atoms with Gasteiger partial charge in [0.05, 0.1) is 0 Å². The molecule has 0 atom stereocenters. The lowest BCUT2D eigenvalue weighted by Crippen LogP contribution is -2.02. The highest BCUT2D eigenvalue weighted by molar-refractivity contribution is 5.88. The van der Waals surface area contributed by atoms with Crippen molar-refractivity contribution >= 4 is 11.9 Å². The second-order valence-electron chi connectivity index (χ2n) is 3.61. The molecule has 1 aliphatic rings. The number of allylic oxidation sites excluding steroid dienone is 2. The van der Waals surface area contributed by atoms with E-state index in [1.807, 2.05) is 30.3 Å². The third-order valence-electron chi connectivity index (χ3n) is 2.28. The monoisotopic (exact) mass is 212 g/mol. The standard InChI is InChI=1S/C14H12O2/c1-10(15)7-8-12-9-13-5-3-4-6-14(13)16-11(12)2/h3-9H,2H2,1H3/b8-7-. The summed E-state index contributed by atoms with van der Waals surface area (Å²) in [4.78, 5) is 10.9. The van der Waals surface area contributed by atoms with Crippen LogP contribution in [-0.4, -0.2) is 5.78 Å². The van der Waals surface area contributed by atoms with Crippen LogP contribution in [0.5, 0.6) is 5.75 Å². The van der Waals surface area contributed by atoms with Gasteiger partial charge in [0.1, 0.15) is 11.5 Å². The quantitative estimate of drug-likeness (QED) is 0.704. The number of ether oxygens (including phenoxy) is 1. The molecule has 0 saturated carbocycles. The molecule has 16 heavy (non-hydrogen) atoms. The van der Waals surface area contributed by atoms with Gasteiger partial charge in [0.2, 0.25) is 0 Å². The highest BCUT2D eigenvalue weighted by Gasteiger charge is 2.12. The lowest BCUT2D eigenvalue weighted by Gasteiger charge is -2.17. The van der Waals surface area contributed by atoms with Gasteiger partial charge in [-0.15, -0.1) is 0 Å². The molecular formula is C14H12O2. The summed E-state index contributed by atoms with van der Waals surface area (Å²) < 4.78 is 5.55. The fourth-order valence-electron chi connectivity index (χ4n) is 1.48. The van der Waals surface area contributed by atoms with E-state index in [1.54, 1.807) is 6.08 Å². The number of carbonyl (C=O) groups is 1. The van der Waals surface area contributed by atoms with Crippen LogP contribution in [0.1, 0.15) is 12.5 Å². The molecule has 1 aromatic carbocycles. The van der Waals surface area contributed by atoms with E-state index < -0.39 is 0 Å². The summed E-state index contributed by atoms with van der Waals surface area (Å²) in [7, 11) is 0. The van der Waals surface area contributed by atoms with Gasteiger partial charge in [0.25, 0.3) is 0 Å².